The number of hydrogen-bond donors (Lipinski definition) is 2. The smallest absolute Gasteiger partial charge is 0.246 e. The third-order valence-electron chi connectivity index (χ3n) is 1.35. The van der Waals surface area contributed by atoms with Gasteiger partial charge in [0.15, 0.2) is 0 Å². The Bertz CT molecular complexity index is 169. The third kappa shape index (κ3) is 9.48. The van der Waals surface area contributed by atoms with Crippen LogP contribution in [0.3, 0.4) is 0 Å². The minimum atomic E-state index is -0.878. The minimum absolute atomic E-state index is 0.0274. The van der Waals surface area contributed by atoms with Gasteiger partial charge in [-0.05, 0) is 34.6 Å². The highest BCUT2D eigenvalue weighted by molar-refractivity contribution is 5.77. The summed E-state index contributed by atoms with van der Waals surface area (Å²) in [6.07, 6.45) is 0. The van der Waals surface area contributed by atoms with Gasteiger partial charge in [-0.3, -0.25) is 4.79 Å². The maximum Gasteiger partial charge on any atom is 0.246 e. The first-order valence-electron chi connectivity index (χ1n) is 4.73. The van der Waals surface area contributed by atoms with Crippen LogP contribution in [0.2, 0.25) is 0 Å². The number of amides is 1. The van der Waals surface area contributed by atoms with Crippen molar-refractivity contribution in [2.24, 2.45) is 0 Å². The molecule has 0 spiro atoms. The Morgan fingerprint density at radius 2 is 1.79 bits per heavy atom. The lowest BCUT2D eigenvalue weighted by Crippen LogP contribution is -2.40. The molecule has 1 amide bonds. The van der Waals surface area contributed by atoms with Crippen molar-refractivity contribution in [3.63, 3.8) is 0 Å². The SMILES string of the molecule is CC(C)(O)CNC(=O)COC(C)(C)C. The fourth-order valence-electron chi connectivity index (χ4n) is 0.648. The first kappa shape index (κ1) is 13.4. The van der Waals surface area contributed by atoms with E-state index in [-0.39, 0.29) is 24.7 Å². The van der Waals surface area contributed by atoms with Gasteiger partial charge in [-0.2, -0.15) is 0 Å². The molecule has 0 unspecified atom stereocenters. The molecule has 0 aromatic heterocycles. The topological polar surface area (TPSA) is 58.6 Å². The minimum Gasteiger partial charge on any atom is -0.389 e. The Hall–Kier alpha value is -0.610. The summed E-state index contributed by atoms with van der Waals surface area (Å²) in [5.41, 5.74) is -1.19. The molecule has 0 fully saturated rings. The van der Waals surface area contributed by atoms with Gasteiger partial charge < -0.3 is 15.2 Å². The normalized spacial score (nSPS) is 12.7. The van der Waals surface area contributed by atoms with Crippen molar-refractivity contribution in [2.45, 2.75) is 45.8 Å². The average molecular weight is 203 g/mol. The van der Waals surface area contributed by atoms with Crippen LogP contribution >= 0.6 is 0 Å². The number of ether oxygens (including phenoxy) is 1. The predicted molar refractivity (Wildman–Crippen MR) is 55.0 cm³/mol. The Morgan fingerprint density at radius 1 is 1.29 bits per heavy atom. The lowest BCUT2D eigenvalue weighted by molar-refractivity contribution is -0.131. The molecule has 0 saturated carbocycles. The second-order valence-corrected chi connectivity index (χ2v) is 4.99. The summed E-state index contributed by atoms with van der Waals surface area (Å²) in [7, 11) is 0. The van der Waals surface area contributed by atoms with Gasteiger partial charge in [0.2, 0.25) is 5.91 Å². The molecule has 2 N–H and O–H groups in total. The first-order valence-corrected chi connectivity index (χ1v) is 4.73. The Balaban J connectivity index is 3.68. The lowest BCUT2D eigenvalue weighted by atomic mass is 10.1. The average Bonchev–Trinajstić information content (AvgIpc) is 1.94. The molecular weight excluding hydrogens is 182 g/mol. The van der Waals surface area contributed by atoms with Crippen molar-refractivity contribution in [3.05, 3.63) is 0 Å². The quantitative estimate of drug-likeness (QED) is 0.706. The van der Waals surface area contributed by atoms with E-state index >= 15 is 0 Å². The van der Waals surface area contributed by atoms with Crippen molar-refractivity contribution >= 4 is 5.91 Å². The van der Waals surface area contributed by atoms with Crippen LogP contribution in [0.25, 0.3) is 0 Å². The fraction of sp³-hybridized carbons (Fsp3) is 0.900. The van der Waals surface area contributed by atoms with Gasteiger partial charge in [0.1, 0.15) is 6.61 Å². The number of rotatable bonds is 4. The molecular formula is C10H21NO3. The van der Waals surface area contributed by atoms with E-state index in [4.69, 9.17) is 4.74 Å². The molecule has 4 heteroatoms. The molecule has 0 bridgehead atoms. The molecule has 14 heavy (non-hydrogen) atoms. The van der Waals surface area contributed by atoms with E-state index in [9.17, 15) is 9.90 Å². The van der Waals surface area contributed by atoms with Crippen LogP contribution in [0.1, 0.15) is 34.6 Å². The Labute approximate surface area is 85.6 Å². The van der Waals surface area contributed by atoms with Crippen LogP contribution < -0.4 is 5.32 Å². The summed E-state index contributed by atoms with van der Waals surface area (Å²) in [5.74, 6) is -0.206. The third-order valence-corrected chi connectivity index (χ3v) is 1.35. The van der Waals surface area contributed by atoms with Crippen molar-refractivity contribution in [3.8, 4) is 0 Å². The molecule has 84 valence electrons. The van der Waals surface area contributed by atoms with Gasteiger partial charge in [-0.1, -0.05) is 0 Å². The number of aliphatic hydroxyl groups is 1. The lowest BCUT2D eigenvalue weighted by Gasteiger charge is -2.21. The summed E-state index contributed by atoms with van der Waals surface area (Å²) in [6, 6.07) is 0. The van der Waals surface area contributed by atoms with Crippen LogP contribution in [0.4, 0.5) is 0 Å². The maximum absolute atomic E-state index is 11.2. The zero-order valence-corrected chi connectivity index (χ0v) is 9.68. The van der Waals surface area contributed by atoms with Crippen LogP contribution in [0.15, 0.2) is 0 Å². The van der Waals surface area contributed by atoms with Gasteiger partial charge in [-0.15, -0.1) is 0 Å². The summed E-state index contributed by atoms with van der Waals surface area (Å²) in [6.45, 7) is 9.19. The maximum atomic E-state index is 11.2. The highest BCUT2D eigenvalue weighted by atomic mass is 16.5. The van der Waals surface area contributed by atoms with Gasteiger partial charge in [0.05, 0.1) is 11.2 Å². The highest BCUT2D eigenvalue weighted by Crippen LogP contribution is 2.05. The molecule has 0 rings (SSSR count). The molecule has 0 aliphatic carbocycles. The van der Waals surface area contributed by atoms with E-state index in [1.165, 1.54) is 0 Å². The molecule has 0 aliphatic heterocycles. The van der Waals surface area contributed by atoms with E-state index < -0.39 is 5.60 Å². The van der Waals surface area contributed by atoms with Crippen LogP contribution in [-0.4, -0.2) is 35.4 Å². The molecule has 0 saturated heterocycles. The molecule has 0 heterocycles. The molecule has 0 radical (unpaired) electrons. The van der Waals surface area contributed by atoms with Gasteiger partial charge >= 0.3 is 0 Å². The monoisotopic (exact) mass is 203 g/mol. The van der Waals surface area contributed by atoms with Crippen molar-refractivity contribution in [1.29, 1.82) is 0 Å². The highest BCUT2D eigenvalue weighted by Gasteiger charge is 2.16. The first-order chi connectivity index (χ1) is 6.10. The summed E-state index contributed by atoms with van der Waals surface area (Å²) < 4.78 is 5.26. The summed E-state index contributed by atoms with van der Waals surface area (Å²) in [5, 5.41) is 11.9. The Morgan fingerprint density at radius 3 is 2.14 bits per heavy atom. The zero-order valence-electron chi connectivity index (χ0n) is 9.68. The number of carbonyl (C=O) groups is 1. The van der Waals surface area contributed by atoms with Crippen molar-refractivity contribution in [1.82, 2.24) is 5.32 Å². The number of carbonyl (C=O) groups excluding carboxylic acids is 1. The van der Waals surface area contributed by atoms with Gasteiger partial charge in [0.25, 0.3) is 0 Å². The van der Waals surface area contributed by atoms with E-state index in [1.807, 2.05) is 20.8 Å². The van der Waals surface area contributed by atoms with Gasteiger partial charge in [0, 0.05) is 6.54 Å². The second kappa shape index (κ2) is 4.75. The van der Waals surface area contributed by atoms with Crippen LogP contribution in [0, 0.1) is 0 Å². The molecule has 4 nitrogen and oxygen atoms in total. The zero-order chi connectivity index (χ0) is 11.4. The predicted octanol–water partition coefficient (Wildman–Crippen LogP) is 0.689. The second-order valence-electron chi connectivity index (χ2n) is 4.99. The van der Waals surface area contributed by atoms with Crippen LogP contribution in [0.5, 0.6) is 0 Å². The fourth-order valence-corrected chi connectivity index (χ4v) is 0.648. The van der Waals surface area contributed by atoms with E-state index in [0.717, 1.165) is 0 Å². The van der Waals surface area contributed by atoms with Crippen LogP contribution in [-0.2, 0) is 9.53 Å². The molecule has 0 aromatic rings. The Kier molecular flexibility index (Phi) is 4.55. The summed E-state index contributed by atoms with van der Waals surface area (Å²) in [4.78, 5) is 11.2. The largest absolute Gasteiger partial charge is 0.389 e. The van der Waals surface area contributed by atoms with E-state index in [2.05, 4.69) is 5.32 Å². The molecule has 0 atom stereocenters. The van der Waals surface area contributed by atoms with Crippen molar-refractivity contribution in [2.75, 3.05) is 13.2 Å². The van der Waals surface area contributed by atoms with E-state index in [0.29, 0.717) is 0 Å². The number of hydrogen-bond acceptors (Lipinski definition) is 3. The van der Waals surface area contributed by atoms with Gasteiger partial charge in [-0.25, -0.2) is 0 Å². The van der Waals surface area contributed by atoms with E-state index in [1.54, 1.807) is 13.8 Å². The molecule has 0 aliphatic rings. The standard InChI is InChI=1S/C10H21NO3/c1-9(2,3)14-6-8(12)11-7-10(4,5)13/h13H,6-7H2,1-5H3,(H,11,12). The number of nitrogens with one attached hydrogen (secondary N) is 1. The molecule has 0 aromatic carbocycles. The van der Waals surface area contributed by atoms with Crippen molar-refractivity contribution < 1.29 is 14.6 Å². The summed E-state index contributed by atoms with van der Waals surface area (Å²) >= 11 is 0.